The number of anilines is 1. The summed E-state index contributed by atoms with van der Waals surface area (Å²) in [7, 11) is 3.81. The molecule has 1 aromatic heterocycles. The number of methoxy groups -OCH3 is 1. The number of hydrogen-bond donors (Lipinski definition) is 0. The van der Waals surface area contributed by atoms with Gasteiger partial charge in [0.1, 0.15) is 5.75 Å². The molecule has 2 aromatic rings. The molecule has 0 aliphatic rings. The Morgan fingerprint density at radius 2 is 2.05 bits per heavy atom. The van der Waals surface area contributed by atoms with Gasteiger partial charge in [-0.2, -0.15) is 0 Å². The minimum absolute atomic E-state index is 0.352. The summed E-state index contributed by atoms with van der Waals surface area (Å²) in [4.78, 5) is 6.35. The lowest BCUT2D eigenvalue weighted by Crippen LogP contribution is -2.31. The summed E-state index contributed by atoms with van der Waals surface area (Å²) in [5, 5.41) is 0. The van der Waals surface area contributed by atoms with E-state index in [1.165, 1.54) is 5.56 Å². The van der Waals surface area contributed by atoms with Gasteiger partial charge in [0.25, 0.3) is 0 Å². The van der Waals surface area contributed by atoms with E-state index < -0.39 is 0 Å². The van der Waals surface area contributed by atoms with Crippen molar-refractivity contribution >= 4 is 21.6 Å². The van der Waals surface area contributed by atoms with Crippen LogP contribution in [0.1, 0.15) is 12.5 Å². The topological polar surface area (TPSA) is 25.4 Å². The van der Waals surface area contributed by atoms with Crippen molar-refractivity contribution in [3.8, 4) is 5.75 Å². The maximum Gasteiger partial charge on any atom is 0.122 e. The predicted octanol–water partition coefficient (Wildman–Crippen LogP) is 3.92. The number of pyridine rings is 1. The number of hydrogen-bond acceptors (Lipinski definition) is 3. The van der Waals surface area contributed by atoms with Gasteiger partial charge in [0.2, 0.25) is 0 Å². The molecule has 2 rings (SSSR count). The van der Waals surface area contributed by atoms with Crippen LogP contribution in [0.25, 0.3) is 0 Å². The Labute approximate surface area is 128 Å². The van der Waals surface area contributed by atoms with E-state index >= 15 is 0 Å². The largest absolute Gasteiger partial charge is 0.496 e. The van der Waals surface area contributed by atoms with Crippen LogP contribution in [-0.4, -0.2) is 25.2 Å². The van der Waals surface area contributed by atoms with Crippen molar-refractivity contribution in [3.05, 3.63) is 52.8 Å². The Balaban J connectivity index is 2.16. The van der Waals surface area contributed by atoms with E-state index in [4.69, 9.17) is 4.74 Å². The molecule has 0 amide bonds. The lowest BCUT2D eigenvalue weighted by Gasteiger charge is -2.28. The van der Waals surface area contributed by atoms with Crippen LogP contribution in [0.2, 0.25) is 0 Å². The van der Waals surface area contributed by atoms with Crippen LogP contribution in [0, 0.1) is 0 Å². The molecule has 1 aromatic carbocycles. The Bertz CT molecular complexity index is 574. The molecule has 20 heavy (non-hydrogen) atoms. The van der Waals surface area contributed by atoms with Crippen molar-refractivity contribution in [2.24, 2.45) is 0 Å². The van der Waals surface area contributed by atoms with Gasteiger partial charge in [-0.25, -0.2) is 0 Å². The van der Waals surface area contributed by atoms with E-state index in [1.807, 2.05) is 36.7 Å². The van der Waals surface area contributed by atoms with Gasteiger partial charge in [0, 0.05) is 25.5 Å². The second-order valence-electron chi connectivity index (χ2n) is 4.80. The van der Waals surface area contributed by atoms with Gasteiger partial charge in [0.15, 0.2) is 0 Å². The lowest BCUT2D eigenvalue weighted by molar-refractivity contribution is 0.408. The van der Waals surface area contributed by atoms with Crippen molar-refractivity contribution in [1.29, 1.82) is 0 Å². The minimum atomic E-state index is 0.352. The zero-order chi connectivity index (χ0) is 14.5. The molecule has 0 bridgehead atoms. The number of rotatable bonds is 5. The molecule has 0 saturated carbocycles. The molecule has 0 saturated heterocycles. The van der Waals surface area contributed by atoms with Crippen LogP contribution in [-0.2, 0) is 6.42 Å². The first-order valence-electron chi connectivity index (χ1n) is 6.57. The van der Waals surface area contributed by atoms with E-state index in [0.717, 1.165) is 22.3 Å². The predicted molar refractivity (Wildman–Crippen MR) is 86.5 cm³/mol. The third-order valence-electron chi connectivity index (χ3n) is 3.50. The van der Waals surface area contributed by atoms with Crippen LogP contribution in [0.5, 0.6) is 5.75 Å². The second kappa shape index (κ2) is 6.75. The average Bonchev–Trinajstić information content (AvgIpc) is 2.47. The summed E-state index contributed by atoms with van der Waals surface area (Å²) in [6.45, 7) is 2.21. The Kier molecular flexibility index (Phi) is 5.01. The van der Waals surface area contributed by atoms with E-state index in [1.54, 1.807) is 7.11 Å². The van der Waals surface area contributed by atoms with Crippen molar-refractivity contribution in [2.45, 2.75) is 19.4 Å². The fraction of sp³-hybridized carbons (Fsp3) is 0.312. The minimum Gasteiger partial charge on any atom is -0.496 e. The number of ether oxygens (including phenoxy) is 1. The van der Waals surface area contributed by atoms with Gasteiger partial charge < -0.3 is 9.64 Å². The Morgan fingerprint density at radius 3 is 2.75 bits per heavy atom. The standard InChI is InChI=1S/C16H19BrN2O/c1-12(10-13-6-4-5-7-16(13)20-3)19(2)15-8-9-18-11-14(15)17/h4-9,11-12H,10H2,1-3H3. The van der Waals surface area contributed by atoms with Crippen LogP contribution >= 0.6 is 15.9 Å². The van der Waals surface area contributed by atoms with E-state index in [0.29, 0.717) is 6.04 Å². The molecule has 4 heteroatoms. The fourth-order valence-electron chi connectivity index (χ4n) is 2.22. The molecule has 1 heterocycles. The number of likely N-dealkylation sites (N-methyl/N-ethyl adjacent to an activating group) is 1. The molecule has 0 aliphatic carbocycles. The highest BCUT2D eigenvalue weighted by Crippen LogP contribution is 2.27. The van der Waals surface area contributed by atoms with Crippen molar-refractivity contribution in [1.82, 2.24) is 4.98 Å². The third kappa shape index (κ3) is 3.31. The summed E-state index contributed by atoms with van der Waals surface area (Å²) in [5.41, 5.74) is 2.36. The average molecular weight is 335 g/mol. The zero-order valence-corrected chi connectivity index (χ0v) is 13.6. The molecule has 106 valence electrons. The number of halogens is 1. The second-order valence-corrected chi connectivity index (χ2v) is 5.66. The maximum atomic E-state index is 5.42. The van der Waals surface area contributed by atoms with Gasteiger partial charge in [-0.1, -0.05) is 18.2 Å². The summed E-state index contributed by atoms with van der Waals surface area (Å²) < 4.78 is 6.43. The highest BCUT2D eigenvalue weighted by molar-refractivity contribution is 9.10. The van der Waals surface area contributed by atoms with Gasteiger partial charge in [-0.15, -0.1) is 0 Å². The van der Waals surface area contributed by atoms with Crippen LogP contribution in [0.4, 0.5) is 5.69 Å². The molecule has 3 nitrogen and oxygen atoms in total. The van der Waals surface area contributed by atoms with Crippen molar-refractivity contribution in [3.63, 3.8) is 0 Å². The molecule has 0 N–H and O–H groups in total. The smallest absolute Gasteiger partial charge is 0.122 e. The van der Waals surface area contributed by atoms with Crippen LogP contribution in [0.15, 0.2) is 47.2 Å². The normalized spacial score (nSPS) is 12.0. The summed E-state index contributed by atoms with van der Waals surface area (Å²) in [6, 6.07) is 10.5. The van der Waals surface area contributed by atoms with Crippen molar-refractivity contribution < 1.29 is 4.74 Å². The van der Waals surface area contributed by atoms with E-state index in [-0.39, 0.29) is 0 Å². The maximum absolute atomic E-state index is 5.42. The molecule has 0 fully saturated rings. The molecule has 1 unspecified atom stereocenters. The first kappa shape index (κ1) is 14.9. The van der Waals surface area contributed by atoms with Gasteiger partial charge in [-0.3, -0.25) is 4.98 Å². The Morgan fingerprint density at radius 1 is 1.30 bits per heavy atom. The third-order valence-corrected chi connectivity index (χ3v) is 4.11. The molecule has 0 aliphatic heterocycles. The van der Waals surface area contributed by atoms with Crippen LogP contribution < -0.4 is 9.64 Å². The Hall–Kier alpha value is -1.55. The summed E-state index contributed by atoms with van der Waals surface area (Å²) in [6.07, 6.45) is 4.56. The summed E-state index contributed by atoms with van der Waals surface area (Å²) in [5.74, 6) is 0.946. The number of aromatic nitrogens is 1. The van der Waals surface area contributed by atoms with Gasteiger partial charge in [0.05, 0.1) is 17.3 Å². The number of para-hydroxylation sites is 1. The van der Waals surface area contributed by atoms with Crippen LogP contribution in [0.3, 0.4) is 0 Å². The highest BCUT2D eigenvalue weighted by atomic mass is 79.9. The van der Waals surface area contributed by atoms with Gasteiger partial charge >= 0.3 is 0 Å². The number of benzene rings is 1. The number of nitrogens with zero attached hydrogens (tertiary/aromatic N) is 2. The monoisotopic (exact) mass is 334 g/mol. The van der Waals surface area contributed by atoms with E-state index in [9.17, 15) is 0 Å². The lowest BCUT2D eigenvalue weighted by atomic mass is 10.0. The highest BCUT2D eigenvalue weighted by Gasteiger charge is 2.15. The molecule has 0 radical (unpaired) electrons. The molecule has 1 atom stereocenters. The zero-order valence-electron chi connectivity index (χ0n) is 12.0. The molecular weight excluding hydrogens is 316 g/mol. The molecular formula is C16H19BrN2O. The quantitative estimate of drug-likeness (QED) is 0.828. The molecule has 0 spiro atoms. The first-order chi connectivity index (χ1) is 9.63. The van der Waals surface area contributed by atoms with Gasteiger partial charge in [-0.05, 0) is 47.0 Å². The van der Waals surface area contributed by atoms with E-state index in [2.05, 4.69) is 45.9 Å². The SMILES string of the molecule is COc1ccccc1CC(C)N(C)c1ccncc1Br. The first-order valence-corrected chi connectivity index (χ1v) is 7.37. The fourth-order valence-corrected chi connectivity index (χ4v) is 2.75. The van der Waals surface area contributed by atoms with Crippen molar-refractivity contribution in [2.75, 3.05) is 19.1 Å². The summed E-state index contributed by atoms with van der Waals surface area (Å²) >= 11 is 3.55.